The molecule has 1 aromatic heterocycles. The van der Waals surface area contributed by atoms with Gasteiger partial charge in [0.25, 0.3) is 0 Å². The largest absolute Gasteiger partial charge is 0.388 e. The summed E-state index contributed by atoms with van der Waals surface area (Å²) in [6.45, 7) is 3.37. The van der Waals surface area contributed by atoms with Gasteiger partial charge < -0.3 is 15.0 Å². The smallest absolute Gasteiger partial charge is 0.158 e. The maximum Gasteiger partial charge on any atom is 0.158 e. The van der Waals surface area contributed by atoms with Crippen LogP contribution in [0.3, 0.4) is 0 Å². The minimum Gasteiger partial charge on any atom is -0.388 e. The molecular formula is C20H29N5O. The van der Waals surface area contributed by atoms with E-state index < -0.39 is 0 Å². The van der Waals surface area contributed by atoms with Crippen molar-refractivity contribution in [2.24, 2.45) is 7.05 Å². The van der Waals surface area contributed by atoms with Gasteiger partial charge in [0.15, 0.2) is 5.82 Å². The number of nitrogens with zero attached hydrogens (tertiary/aromatic N) is 4. The van der Waals surface area contributed by atoms with Crippen molar-refractivity contribution in [2.75, 3.05) is 13.1 Å². The maximum atomic E-state index is 9.25. The van der Waals surface area contributed by atoms with Crippen molar-refractivity contribution in [3.8, 4) is 0 Å². The molecule has 2 heterocycles. The SMILES string of the molecule is Cn1c(CO)nnc1C1CC(NC2CCN(Cc3ccccc3)CC2)C1. The van der Waals surface area contributed by atoms with E-state index in [1.165, 1.54) is 31.5 Å². The molecule has 6 heteroatoms. The molecule has 1 aliphatic carbocycles. The van der Waals surface area contributed by atoms with Gasteiger partial charge in [0, 0.05) is 31.6 Å². The summed E-state index contributed by atoms with van der Waals surface area (Å²) in [5.74, 6) is 2.15. The van der Waals surface area contributed by atoms with Crippen molar-refractivity contribution >= 4 is 0 Å². The van der Waals surface area contributed by atoms with Crippen LogP contribution in [0.2, 0.25) is 0 Å². The average molecular weight is 355 g/mol. The molecule has 2 N–H and O–H groups in total. The Morgan fingerprint density at radius 3 is 2.46 bits per heavy atom. The number of benzene rings is 1. The van der Waals surface area contributed by atoms with E-state index in [0.29, 0.717) is 23.8 Å². The van der Waals surface area contributed by atoms with Crippen LogP contribution in [0, 0.1) is 0 Å². The summed E-state index contributed by atoms with van der Waals surface area (Å²) >= 11 is 0. The lowest BCUT2D eigenvalue weighted by Gasteiger charge is -2.40. The van der Waals surface area contributed by atoms with E-state index in [2.05, 4.69) is 50.7 Å². The minimum atomic E-state index is -0.0422. The molecule has 0 amide bonds. The van der Waals surface area contributed by atoms with Gasteiger partial charge in [0.1, 0.15) is 12.4 Å². The molecule has 2 aromatic rings. The van der Waals surface area contributed by atoms with Gasteiger partial charge in [-0.2, -0.15) is 0 Å². The molecule has 1 saturated heterocycles. The highest BCUT2D eigenvalue weighted by atomic mass is 16.3. The highest BCUT2D eigenvalue weighted by Crippen LogP contribution is 2.36. The van der Waals surface area contributed by atoms with Crippen molar-refractivity contribution < 1.29 is 5.11 Å². The summed E-state index contributed by atoms with van der Waals surface area (Å²) in [6, 6.07) is 12.0. The van der Waals surface area contributed by atoms with Crippen LogP contribution in [-0.2, 0) is 20.2 Å². The molecule has 2 aliphatic rings. The Bertz CT molecular complexity index is 702. The summed E-state index contributed by atoms with van der Waals surface area (Å²) in [6.07, 6.45) is 4.71. The van der Waals surface area contributed by atoms with E-state index >= 15 is 0 Å². The first-order valence-corrected chi connectivity index (χ1v) is 9.74. The molecule has 0 atom stereocenters. The summed E-state index contributed by atoms with van der Waals surface area (Å²) < 4.78 is 1.95. The summed E-state index contributed by atoms with van der Waals surface area (Å²) in [5, 5.41) is 21.4. The molecule has 140 valence electrons. The topological polar surface area (TPSA) is 66.2 Å². The Morgan fingerprint density at radius 1 is 1.08 bits per heavy atom. The van der Waals surface area contributed by atoms with Crippen LogP contribution >= 0.6 is 0 Å². The van der Waals surface area contributed by atoms with E-state index in [1.54, 1.807) is 0 Å². The molecule has 0 spiro atoms. The first kappa shape index (κ1) is 17.6. The first-order valence-electron chi connectivity index (χ1n) is 9.74. The third kappa shape index (κ3) is 3.82. The molecule has 0 unspecified atom stereocenters. The van der Waals surface area contributed by atoms with Crippen LogP contribution < -0.4 is 5.32 Å². The number of piperidine rings is 1. The van der Waals surface area contributed by atoms with E-state index in [9.17, 15) is 5.11 Å². The number of hydrogen-bond donors (Lipinski definition) is 2. The zero-order chi connectivity index (χ0) is 17.9. The van der Waals surface area contributed by atoms with E-state index in [-0.39, 0.29) is 6.61 Å². The molecule has 2 fully saturated rings. The van der Waals surface area contributed by atoms with Gasteiger partial charge in [-0.3, -0.25) is 4.90 Å². The molecule has 6 nitrogen and oxygen atoms in total. The lowest BCUT2D eigenvalue weighted by Crippen LogP contribution is -2.50. The number of aliphatic hydroxyl groups excluding tert-OH is 1. The summed E-state index contributed by atoms with van der Waals surface area (Å²) in [4.78, 5) is 2.56. The fourth-order valence-electron chi connectivity index (χ4n) is 4.27. The lowest BCUT2D eigenvalue weighted by molar-refractivity contribution is 0.163. The number of rotatable bonds is 6. The third-order valence-electron chi connectivity index (χ3n) is 5.95. The van der Waals surface area contributed by atoms with E-state index in [0.717, 1.165) is 25.2 Å². The number of hydrogen-bond acceptors (Lipinski definition) is 5. The second-order valence-electron chi connectivity index (χ2n) is 7.76. The first-order chi connectivity index (χ1) is 12.7. The molecule has 0 radical (unpaired) electrons. The van der Waals surface area contributed by atoms with Crippen molar-refractivity contribution in [2.45, 2.75) is 56.8 Å². The van der Waals surface area contributed by atoms with Crippen LogP contribution in [0.15, 0.2) is 30.3 Å². The van der Waals surface area contributed by atoms with Gasteiger partial charge in [0.05, 0.1) is 0 Å². The number of aromatic nitrogens is 3. The highest BCUT2D eigenvalue weighted by Gasteiger charge is 2.35. The van der Waals surface area contributed by atoms with Crippen LogP contribution in [-0.4, -0.2) is 49.9 Å². The quantitative estimate of drug-likeness (QED) is 0.827. The van der Waals surface area contributed by atoms with Crippen LogP contribution in [0.5, 0.6) is 0 Å². The standard InChI is InChI=1S/C20H29N5O/c1-24-19(14-26)22-23-20(24)16-11-18(12-16)21-17-7-9-25(10-8-17)13-15-5-3-2-4-6-15/h2-6,16-18,21,26H,7-14H2,1H3. The summed E-state index contributed by atoms with van der Waals surface area (Å²) in [7, 11) is 1.95. The van der Waals surface area contributed by atoms with Gasteiger partial charge in [-0.05, 0) is 44.3 Å². The van der Waals surface area contributed by atoms with Gasteiger partial charge in [-0.25, -0.2) is 0 Å². The number of likely N-dealkylation sites (tertiary alicyclic amines) is 1. The van der Waals surface area contributed by atoms with Crippen molar-refractivity contribution in [1.29, 1.82) is 0 Å². The minimum absolute atomic E-state index is 0.0422. The predicted molar refractivity (Wildman–Crippen MR) is 101 cm³/mol. The van der Waals surface area contributed by atoms with Gasteiger partial charge >= 0.3 is 0 Å². The van der Waals surface area contributed by atoms with E-state index in [4.69, 9.17) is 0 Å². The summed E-state index contributed by atoms with van der Waals surface area (Å²) in [5.41, 5.74) is 1.41. The average Bonchev–Trinajstić information content (AvgIpc) is 3.00. The van der Waals surface area contributed by atoms with Crippen molar-refractivity contribution in [3.05, 3.63) is 47.5 Å². The van der Waals surface area contributed by atoms with Gasteiger partial charge in [0.2, 0.25) is 0 Å². The monoisotopic (exact) mass is 355 g/mol. The molecule has 1 saturated carbocycles. The second kappa shape index (κ2) is 7.86. The maximum absolute atomic E-state index is 9.25. The Labute approximate surface area is 155 Å². The molecule has 4 rings (SSSR count). The fourth-order valence-corrected chi connectivity index (χ4v) is 4.27. The van der Waals surface area contributed by atoms with Gasteiger partial charge in [-0.15, -0.1) is 10.2 Å². The van der Waals surface area contributed by atoms with Crippen LogP contribution in [0.25, 0.3) is 0 Å². The second-order valence-corrected chi connectivity index (χ2v) is 7.76. The molecule has 0 bridgehead atoms. The molecular weight excluding hydrogens is 326 g/mol. The Balaban J connectivity index is 1.19. The lowest BCUT2D eigenvalue weighted by atomic mass is 9.79. The fraction of sp³-hybridized carbons (Fsp3) is 0.600. The zero-order valence-electron chi connectivity index (χ0n) is 15.5. The van der Waals surface area contributed by atoms with Crippen LogP contribution in [0.1, 0.15) is 48.8 Å². The normalized spacial score (nSPS) is 24.5. The Kier molecular flexibility index (Phi) is 5.33. The number of nitrogens with one attached hydrogen (secondary N) is 1. The Morgan fingerprint density at radius 2 is 1.81 bits per heavy atom. The van der Waals surface area contributed by atoms with Crippen LogP contribution in [0.4, 0.5) is 0 Å². The number of aliphatic hydroxyl groups is 1. The zero-order valence-corrected chi connectivity index (χ0v) is 15.5. The van der Waals surface area contributed by atoms with Gasteiger partial charge in [-0.1, -0.05) is 30.3 Å². The highest BCUT2D eigenvalue weighted by molar-refractivity contribution is 5.14. The molecule has 26 heavy (non-hydrogen) atoms. The van der Waals surface area contributed by atoms with Crippen molar-refractivity contribution in [1.82, 2.24) is 25.0 Å². The Hall–Kier alpha value is -1.76. The predicted octanol–water partition coefficient (Wildman–Crippen LogP) is 1.81. The molecule has 1 aromatic carbocycles. The van der Waals surface area contributed by atoms with E-state index in [1.807, 2.05) is 11.6 Å². The van der Waals surface area contributed by atoms with Crippen molar-refractivity contribution in [3.63, 3.8) is 0 Å². The third-order valence-corrected chi connectivity index (χ3v) is 5.95. The molecule has 1 aliphatic heterocycles.